The first-order chi connectivity index (χ1) is 12.3. The quantitative estimate of drug-likeness (QED) is 0.538. The van der Waals surface area contributed by atoms with E-state index < -0.39 is 17.1 Å². The molecule has 1 fully saturated rings. The second-order valence-electron chi connectivity index (χ2n) is 5.54. The molecular formula is C16H18ClN3O5S. The summed E-state index contributed by atoms with van der Waals surface area (Å²) in [6.07, 6.45) is 1.05. The van der Waals surface area contributed by atoms with E-state index in [2.05, 4.69) is 15.5 Å². The summed E-state index contributed by atoms with van der Waals surface area (Å²) in [5, 5.41) is 19.1. The van der Waals surface area contributed by atoms with Crippen molar-refractivity contribution in [1.29, 1.82) is 0 Å². The van der Waals surface area contributed by atoms with Gasteiger partial charge in [0.15, 0.2) is 16.7 Å². The van der Waals surface area contributed by atoms with Crippen LogP contribution in [0.25, 0.3) is 0 Å². The molecule has 1 amide bonds. The summed E-state index contributed by atoms with van der Waals surface area (Å²) in [5.41, 5.74) is 0.559. The average molecular weight is 400 g/mol. The van der Waals surface area contributed by atoms with E-state index >= 15 is 0 Å². The summed E-state index contributed by atoms with van der Waals surface area (Å²) in [7, 11) is 1.51. The Morgan fingerprint density at radius 3 is 2.85 bits per heavy atom. The topological polar surface area (TPSA) is 110 Å². The Morgan fingerprint density at radius 2 is 2.23 bits per heavy atom. The lowest BCUT2D eigenvalue weighted by Crippen LogP contribution is -2.26. The van der Waals surface area contributed by atoms with Crippen LogP contribution in [0.3, 0.4) is 0 Å². The first kappa shape index (κ1) is 20.1. The van der Waals surface area contributed by atoms with Crippen LogP contribution >= 0.6 is 23.4 Å². The third-order valence-corrected chi connectivity index (χ3v) is 4.39. The van der Waals surface area contributed by atoms with Gasteiger partial charge in [0.05, 0.1) is 25.8 Å². The van der Waals surface area contributed by atoms with Crippen molar-refractivity contribution in [2.75, 3.05) is 7.11 Å². The molecule has 0 radical (unpaired) electrons. The van der Waals surface area contributed by atoms with Gasteiger partial charge in [0.2, 0.25) is 5.91 Å². The van der Waals surface area contributed by atoms with E-state index in [4.69, 9.17) is 26.2 Å². The van der Waals surface area contributed by atoms with Crippen molar-refractivity contribution < 1.29 is 24.2 Å². The summed E-state index contributed by atoms with van der Waals surface area (Å²) < 4.78 is 11.0. The molecule has 1 aromatic rings. The summed E-state index contributed by atoms with van der Waals surface area (Å²) in [6, 6.07) is 3.28. The van der Waals surface area contributed by atoms with Crippen LogP contribution in [-0.4, -0.2) is 46.8 Å². The molecule has 26 heavy (non-hydrogen) atoms. The van der Waals surface area contributed by atoms with E-state index in [0.29, 0.717) is 22.1 Å². The number of carboxylic acid groups (broad SMARTS) is 1. The predicted octanol–water partition coefficient (Wildman–Crippen LogP) is 2.53. The minimum atomic E-state index is -1.05. The molecule has 1 atom stereocenters. The largest absolute Gasteiger partial charge is 0.493 e. The third-order valence-electron chi connectivity index (χ3n) is 3.10. The van der Waals surface area contributed by atoms with Crippen LogP contribution in [0.15, 0.2) is 22.3 Å². The Bertz CT molecular complexity index is 766. The van der Waals surface area contributed by atoms with E-state index in [9.17, 15) is 9.59 Å². The first-order valence-electron chi connectivity index (χ1n) is 7.64. The fraction of sp³-hybridized carbons (Fsp3) is 0.375. The molecule has 1 saturated heterocycles. The van der Waals surface area contributed by atoms with Crippen LogP contribution in [0.2, 0.25) is 5.02 Å². The number of rotatable bonds is 7. The number of hydrogen-bond donors (Lipinski definition) is 2. The van der Waals surface area contributed by atoms with E-state index in [1.54, 1.807) is 12.1 Å². The van der Waals surface area contributed by atoms with Crippen molar-refractivity contribution in [3.8, 4) is 11.5 Å². The maximum absolute atomic E-state index is 11.7. The number of carboxylic acids is 1. The van der Waals surface area contributed by atoms with Crippen molar-refractivity contribution in [2.45, 2.75) is 31.6 Å². The Labute approximate surface area is 159 Å². The number of nitrogens with one attached hydrogen (secondary N) is 1. The van der Waals surface area contributed by atoms with Crippen LogP contribution in [0, 0.1) is 0 Å². The molecule has 2 rings (SSSR count). The van der Waals surface area contributed by atoms with Gasteiger partial charge >= 0.3 is 5.97 Å². The average Bonchev–Trinajstić information content (AvgIpc) is 2.88. The van der Waals surface area contributed by atoms with Crippen LogP contribution < -0.4 is 14.8 Å². The van der Waals surface area contributed by atoms with Gasteiger partial charge in [-0.1, -0.05) is 23.4 Å². The zero-order valence-corrected chi connectivity index (χ0v) is 15.9. The number of amidine groups is 1. The lowest BCUT2D eigenvalue weighted by molar-refractivity contribution is -0.138. The number of benzene rings is 1. The molecule has 0 saturated carbocycles. The summed E-state index contributed by atoms with van der Waals surface area (Å²) in [4.78, 5) is 22.4. The summed E-state index contributed by atoms with van der Waals surface area (Å²) in [5.74, 6) is -0.517. The second-order valence-corrected chi connectivity index (χ2v) is 7.16. The number of thioether (sulfide) groups is 1. The Hall–Kier alpha value is -2.26. The molecular weight excluding hydrogens is 382 g/mol. The highest BCUT2D eigenvalue weighted by Crippen LogP contribution is 2.34. The molecule has 1 heterocycles. The molecule has 10 heteroatoms. The lowest BCUT2D eigenvalue weighted by atomic mass is 10.2. The molecule has 1 aliphatic heterocycles. The molecule has 1 unspecified atom stereocenters. The molecule has 0 spiro atoms. The van der Waals surface area contributed by atoms with Gasteiger partial charge in [0, 0.05) is 16.7 Å². The number of hydrogen-bond acceptors (Lipinski definition) is 7. The van der Waals surface area contributed by atoms with E-state index in [0.717, 1.165) is 11.8 Å². The predicted molar refractivity (Wildman–Crippen MR) is 101 cm³/mol. The maximum atomic E-state index is 11.7. The SMILES string of the molecule is COc1cc(Cl)cc(C=NN=C2NC(=O)C(CC(=O)O)S2)c1OC(C)C. The standard InChI is InChI=1S/C16H18ClN3O5S/c1-8(2)25-14-9(4-10(17)5-11(14)24-3)7-18-20-16-19-15(23)12(26-16)6-13(21)22/h4-5,7-8,12H,6H2,1-3H3,(H,21,22)(H,19,20,23). The third kappa shape index (κ3) is 5.37. The second kappa shape index (κ2) is 8.91. The van der Waals surface area contributed by atoms with Gasteiger partial charge in [0.1, 0.15) is 5.25 Å². The first-order valence-corrected chi connectivity index (χ1v) is 8.90. The number of amides is 1. The Kier molecular flexibility index (Phi) is 6.87. The van der Waals surface area contributed by atoms with Gasteiger partial charge in [-0.2, -0.15) is 5.10 Å². The molecule has 140 valence electrons. The van der Waals surface area contributed by atoms with Crippen molar-refractivity contribution in [3.63, 3.8) is 0 Å². The van der Waals surface area contributed by atoms with Crippen LogP contribution in [0.4, 0.5) is 0 Å². The number of carbonyl (C=O) groups excluding carboxylic acids is 1. The van der Waals surface area contributed by atoms with Gasteiger partial charge in [-0.25, -0.2) is 0 Å². The molecule has 8 nitrogen and oxygen atoms in total. The van der Waals surface area contributed by atoms with Crippen molar-refractivity contribution in [2.24, 2.45) is 10.2 Å². The van der Waals surface area contributed by atoms with Crippen LogP contribution in [0.5, 0.6) is 11.5 Å². The molecule has 0 aromatic heterocycles. The molecule has 1 aromatic carbocycles. The number of ether oxygens (including phenoxy) is 2. The highest BCUT2D eigenvalue weighted by molar-refractivity contribution is 8.15. The minimum Gasteiger partial charge on any atom is -0.493 e. The van der Waals surface area contributed by atoms with E-state index in [1.807, 2.05) is 13.8 Å². The Balaban J connectivity index is 2.21. The number of carbonyl (C=O) groups is 2. The summed E-state index contributed by atoms with van der Waals surface area (Å²) in [6.45, 7) is 3.75. The molecule has 2 N–H and O–H groups in total. The lowest BCUT2D eigenvalue weighted by Gasteiger charge is -2.16. The zero-order valence-electron chi connectivity index (χ0n) is 14.4. The minimum absolute atomic E-state index is 0.0926. The van der Waals surface area contributed by atoms with Crippen molar-refractivity contribution in [3.05, 3.63) is 22.7 Å². The van der Waals surface area contributed by atoms with Gasteiger partial charge in [0.25, 0.3) is 0 Å². The molecule has 0 aliphatic carbocycles. The number of aliphatic carboxylic acids is 1. The highest BCUT2D eigenvalue weighted by Gasteiger charge is 2.32. The number of nitrogens with zero attached hydrogens (tertiary/aromatic N) is 2. The maximum Gasteiger partial charge on any atom is 0.305 e. The van der Waals surface area contributed by atoms with E-state index in [1.165, 1.54) is 13.3 Å². The molecule has 0 bridgehead atoms. The summed E-state index contributed by atoms with van der Waals surface area (Å²) >= 11 is 7.10. The zero-order chi connectivity index (χ0) is 19.3. The van der Waals surface area contributed by atoms with Gasteiger partial charge in [-0.15, -0.1) is 5.10 Å². The van der Waals surface area contributed by atoms with Crippen LogP contribution in [0.1, 0.15) is 25.8 Å². The highest BCUT2D eigenvalue weighted by atomic mass is 35.5. The smallest absolute Gasteiger partial charge is 0.305 e. The monoisotopic (exact) mass is 399 g/mol. The Morgan fingerprint density at radius 1 is 1.50 bits per heavy atom. The fourth-order valence-corrected chi connectivity index (χ4v) is 3.22. The molecule has 1 aliphatic rings. The van der Waals surface area contributed by atoms with Gasteiger partial charge in [-0.3, -0.25) is 9.59 Å². The normalized spacial score (nSPS) is 18.6. The van der Waals surface area contributed by atoms with E-state index in [-0.39, 0.29) is 17.7 Å². The van der Waals surface area contributed by atoms with Crippen molar-refractivity contribution in [1.82, 2.24) is 5.32 Å². The van der Waals surface area contributed by atoms with Gasteiger partial charge in [-0.05, 0) is 19.9 Å². The van der Waals surface area contributed by atoms with Crippen molar-refractivity contribution >= 4 is 46.6 Å². The number of methoxy groups -OCH3 is 1. The fourth-order valence-electron chi connectivity index (χ4n) is 2.09. The van der Waals surface area contributed by atoms with Gasteiger partial charge < -0.3 is 19.9 Å². The number of halogens is 1. The van der Waals surface area contributed by atoms with Crippen LogP contribution in [-0.2, 0) is 9.59 Å².